The number of carbonyl (C=O) groups is 2. The number of hydrogen-bond donors (Lipinski definition) is 1. The fraction of sp³-hybridized carbons (Fsp3) is 0.542. The van der Waals surface area contributed by atoms with Gasteiger partial charge < -0.3 is 10.0 Å². The number of carboxylic acid groups (broad SMARTS) is 1. The van der Waals surface area contributed by atoms with Crippen LogP contribution in [0.3, 0.4) is 0 Å². The van der Waals surface area contributed by atoms with Gasteiger partial charge in [-0.25, -0.2) is 9.48 Å². The third kappa shape index (κ3) is 4.66. The van der Waals surface area contributed by atoms with Crippen molar-refractivity contribution in [1.82, 2.24) is 14.7 Å². The Morgan fingerprint density at radius 2 is 1.68 bits per heavy atom. The fourth-order valence-electron chi connectivity index (χ4n) is 4.82. The van der Waals surface area contributed by atoms with E-state index in [2.05, 4.69) is 24.0 Å². The molecule has 0 radical (unpaired) electrons. The van der Waals surface area contributed by atoms with Crippen molar-refractivity contribution in [3.8, 4) is 5.69 Å². The lowest BCUT2D eigenvalue weighted by atomic mass is 9.82. The third-order valence-corrected chi connectivity index (χ3v) is 6.83. The summed E-state index contributed by atoms with van der Waals surface area (Å²) in [7, 11) is 2.08. The molecule has 0 bridgehead atoms. The number of rotatable bonds is 5. The highest BCUT2D eigenvalue weighted by Crippen LogP contribution is 2.34. The molecule has 2 fully saturated rings. The minimum absolute atomic E-state index is 0.0275. The molecule has 7 heteroatoms. The largest absolute Gasteiger partial charge is 0.477 e. The highest BCUT2D eigenvalue weighted by molar-refractivity contribution is 6.02. The molecular weight excluding hydrogens is 392 g/mol. The van der Waals surface area contributed by atoms with Crippen molar-refractivity contribution in [3.63, 3.8) is 0 Å². The second-order valence-electron chi connectivity index (χ2n) is 9.15. The van der Waals surface area contributed by atoms with Crippen molar-refractivity contribution < 1.29 is 14.7 Å². The van der Waals surface area contributed by atoms with Crippen molar-refractivity contribution in [2.75, 3.05) is 25.0 Å². The maximum absolute atomic E-state index is 13.8. The molecule has 0 unspecified atom stereocenters. The van der Waals surface area contributed by atoms with Crippen LogP contribution in [-0.2, 0) is 4.79 Å². The highest BCUT2D eigenvalue weighted by atomic mass is 16.4. The molecule has 0 spiro atoms. The number of likely N-dealkylation sites (tertiary alicyclic amines) is 1. The van der Waals surface area contributed by atoms with E-state index in [9.17, 15) is 14.7 Å². The van der Waals surface area contributed by atoms with Crippen LogP contribution in [0, 0.1) is 11.8 Å². The summed E-state index contributed by atoms with van der Waals surface area (Å²) < 4.78 is 1.58. The minimum Gasteiger partial charge on any atom is -0.477 e. The number of aromatic carboxylic acids is 1. The standard InChI is InChI=1S/C24H32N4O3/c1-17-8-10-18(11-9-17)23(29)28(20-12-14-26(2)15-13-20)22-21(24(30)31)16-27(25-22)19-6-4-3-5-7-19/h3-7,16-18,20H,8-15H2,1-2H3,(H,30,31). The Balaban J connectivity index is 1.73. The number of benzene rings is 1. The molecular formula is C24H32N4O3. The fourth-order valence-corrected chi connectivity index (χ4v) is 4.82. The summed E-state index contributed by atoms with van der Waals surface area (Å²) in [6, 6.07) is 9.42. The number of para-hydroxylation sites is 1. The molecule has 1 N–H and O–H groups in total. The van der Waals surface area contributed by atoms with Crippen LogP contribution >= 0.6 is 0 Å². The van der Waals surface area contributed by atoms with Gasteiger partial charge in [-0.3, -0.25) is 9.69 Å². The molecule has 2 heterocycles. The van der Waals surface area contributed by atoms with Crippen LogP contribution in [-0.4, -0.2) is 57.8 Å². The van der Waals surface area contributed by atoms with E-state index in [-0.39, 0.29) is 29.2 Å². The molecule has 0 atom stereocenters. The van der Waals surface area contributed by atoms with Gasteiger partial charge >= 0.3 is 5.97 Å². The van der Waals surface area contributed by atoms with Crippen LogP contribution < -0.4 is 4.90 Å². The minimum atomic E-state index is -1.06. The van der Waals surface area contributed by atoms with Crippen LogP contribution in [0.1, 0.15) is 55.8 Å². The van der Waals surface area contributed by atoms with Gasteiger partial charge in [0.2, 0.25) is 5.91 Å². The van der Waals surface area contributed by atoms with Crippen molar-refractivity contribution in [2.45, 2.75) is 51.5 Å². The van der Waals surface area contributed by atoms with Crippen LogP contribution in [0.4, 0.5) is 5.82 Å². The van der Waals surface area contributed by atoms with Crippen molar-refractivity contribution in [2.24, 2.45) is 11.8 Å². The number of anilines is 1. The van der Waals surface area contributed by atoms with Crippen LogP contribution in [0.2, 0.25) is 0 Å². The van der Waals surface area contributed by atoms with Crippen molar-refractivity contribution in [3.05, 3.63) is 42.1 Å². The molecule has 1 saturated carbocycles. The average molecular weight is 425 g/mol. The van der Waals surface area contributed by atoms with E-state index in [0.717, 1.165) is 57.3 Å². The molecule has 1 saturated heterocycles. The number of nitrogens with zero attached hydrogens (tertiary/aromatic N) is 4. The zero-order chi connectivity index (χ0) is 22.0. The smallest absolute Gasteiger partial charge is 0.341 e. The van der Waals surface area contributed by atoms with Gasteiger partial charge in [0.1, 0.15) is 5.56 Å². The maximum atomic E-state index is 13.8. The lowest BCUT2D eigenvalue weighted by molar-refractivity contribution is -0.124. The predicted octanol–water partition coefficient (Wildman–Crippen LogP) is 3.82. The number of amides is 1. The summed E-state index contributed by atoms with van der Waals surface area (Å²) >= 11 is 0. The monoisotopic (exact) mass is 424 g/mol. The van der Waals surface area contributed by atoms with E-state index in [1.807, 2.05) is 30.3 Å². The summed E-state index contributed by atoms with van der Waals surface area (Å²) in [5.41, 5.74) is 0.860. The molecule has 1 amide bonds. The summed E-state index contributed by atoms with van der Waals surface area (Å²) in [4.78, 5) is 29.9. The molecule has 2 aromatic rings. The quantitative estimate of drug-likeness (QED) is 0.789. The SMILES string of the molecule is CC1CCC(C(=O)N(c2nn(-c3ccccc3)cc2C(=O)O)C2CCN(C)CC2)CC1. The van der Waals surface area contributed by atoms with E-state index >= 15 is 0 Å². The van der Waals surface area contributed by atoms with E-state index in [0.29, 0.717) is 5.92 Å². The Bertz CT molecular complexity index is 910. The van der Waals surface area contributed by atoms with E-state index < -0.39 is 5.97 Å². The normalized spacial score (nSPS) is 22.9. The molecule has 166 valence electrons. The van der Waals surface area contributed by atoms with Crippen molar-refractivity contribution >= 4 is 17.7 Å². The highest BCUT2D eigenvalue weighted by Gasteiger charge is 2.37. The maximum Gasteiger partial charge on any atom is 0.341 e. The third-order valence-electron chi connectivity index (χ3n) is 6.83. The second-order valence-corrected chi connectivity index (χ2v) is 9.15. The van der Waals surface area contributed by atoms with Gasteiger partial charge in [-0.1, -0.05) is 25.1 Å². The van der Waals surface area contributed by atoms with Gasteiger partial charge in [-0.2, -0.15) is 0 Å². The Morgan fingerprint density at radius 1 is 1.03 bits per heavy atom. The molecule has 1 aliphatic carbocycles. The first kappa shape index (κ1) is 21.6. The van der Waals surface area contributed by atoms with Gasteiger partial charge in [0.15, 0.2) is 5.82 Å². The molecule has 31 heavy (non-hydrogen) atoms. The first-order valence-electron chi connectivity index (χ1n) is 11.3. The number of carbonyl (C=O) groups excluding carboxylic acids is 1. The molecule has 1 aromatic heterocycles. The Labute approximate surface area is 183 Å². The number of piperidine rings is 1. The molecule has 1 aromatic carbocycles. The van der Waals surface area contributed by atoms with E-state index in [1.165, 1.54) is 6.20 Å². The van der Waals surface area contributed by atoms with Crippen LogP contribution in [0.25, 0.3) is 5.69 Å². The first-order valence-corrected chi connectivity index (χ1v) is 11.3. The van der Waals surface area contributed by atoms with E-state index in [4.69, 9.17) is 0 Å². The summed E-state index contributed by atoms with van der Waals surface area (Å²) in [5, 5.41) is 14.6. The van der Waals surface area contributed by atoms with Crippen molar-refractivity contribution in [1.29, 1.82) is 0 Å². The number of hydrogen-bond acceptors (Lipinski definition) is 4. The molecule has 2 aliphatic rings. The second kappa shape index (κ2) is 9.22. The summed E-state index contributed by atoms with van der Waals surface area (Å²) in [6.45, 7) is 4.01. The molecule has 7 nitrogen and oxygen atoms in total. The average Bonchev–Trinajstić information content (AvgIpc) is 3.22. The Kier molecular flexibility index (Phi) is 6.41. The summed E-state index contributed by atoms with van der Waals surface area (Å²) in [5.74, 6) is -0.135. The van der Waals surface area contributed by atoms with Gasteiger partial charge in [0.05, 0.1) is 5.69 Å². The Morgan fingerprint density at radius 3 is 2.29 bits per heavy atom. The predicted molar refractivity (Wildman–Crippen MR) is 120 cm³/mol. The lowest BCUT2D eigenvalue weighted by Gasteiger charge is -2.39. The zero-order valence-electron chi connectivity index (χ0n) is 18.4. The molecule has 1 aliphatic heterocycles. The van der Waals surface area contributed by atoms with Gasteiger partial charge in [-0.05, 0) is 76.7 Å². The topological polar surface area (TPSA) is 78.7 Å². The van der Waals surface area contributed by atoms with Crippen LogP contribution in [0.15, 0.2) is 36.5 Å². The van der Waals surface area contributed by atoms with Gasteiger partial charge in [0.25, 0.3) is 0 Å². The Hall–Kier alpha value is -2.67. The molecule has 4 rings (SSSR count). The van der Waals surface area contributed by atoms with Gasteiger partial charge in [0, 0.05) is 18.2 Å². The summed E-state index contributed by atoms with van der Waals surface area (Å²) in [6.07, 6.45) is 7.00. The number of aromatic nitrogens is 2. The van der Waals surface area contributed by atoms with Crippen LogP contribution in [0.5, 0.6) is 0 Å². The zero-order valence-corrected chi connectivity index (χ0v) is 18.4. The first-order chi connectivity index (χ1) is 14.9. The van der Waals surface area contributed by atoms with Gasteiger partial charge in [-0.15, -0.1) is 5.10 Å². The lowest BCUT2D eigenvalue weighted by Crippen LogP contribution is -2.50. The van der Waals surface area contributed by atoms with E-state index in [1.54, 1.807) is 9.58 Å². The number of carboxylic acids is 1.